The molecule has 0 bridgehead atoms. The zero-order valence-electron chi connectivity index (χ0n) is 12.2. The Bertz CT molecular complexity index is 509. The van der Waals surface area contributed by atoms with Crippen LogP contribution in [0.2, 0.25) is 5.02 Å². The summed E-state index contributed by atoms with van der Waals surface area (Å²) in [6.45, 7) is 7.85. The van der Waals surface area contributed by atoms with Gasteiger partial charge in [-0.25, -0.2) is 9.59 Å². The number of aryl methyl sites for hydroxylation is 1. The Kier molecular flexibility index (Phi) is 6.02. The summed E-state index contributed by atoms with van der Waals surface area (Å²) in [5.41, 5.74) is 1.03. The lowest BCUT2D eigenvalue weighted by molar-refractivity contribution is 0.0435. The van der Waals surface area contributed by atoms with E-state index in [1.54, 1.807) is 19.9 Å². The number of esters is 2. The number of hydrogen-bond donors (Lipinski definition) is 0. The van der Waals surface area contributed by atoms with Crippen molar-refractivity contribution in [1.82, 2.24) is 0 Å². The van der Waals surface area contributed by atoms with Gasteiger partial charge in [0.15, 0.2) is 0 Å². The monoisotopic (exact) mass is 298 g/mol. The van der Waals surface area contributed by atoms with Gasteiger partial charge in [-0.2, -0.15) is 0 Å². The van der Waals surface area contributed by atoms with Crippen molar-refractivity contribution < 1.29 is 19.1 Å². The smallest absolute Gasteiger partial charge is 0.339 e. The topological polar surface area (TPSA) is 52.6 Å². The van der Waals surface area contributed by atoms with E-state index >= 15 is 0 Å². The second-order valence-corrected chi connectivity index (χ2v) is 5.27. The molecule has 0 aliphatic rings. The van der Waals surface area contributed by atoms with E-state index in [0.29, 0.717) is 17.2 Å². The Morgan fingerprint density at radius 2 is 1.70 bits per heavy atom. The van der Waals surface area contributed by atoms with Crippen LogP contribution < -0.4 is 0 Å². The molecule has 1 rings (SSSR count). The van der Waals surface area contributed by atoms with Crippen molar-refractivity contribution in [1.29, 1.82) is 0 Å². The van der Waals surface area contributed by atoms with Gasteiger partial charge in [0.25, 0.3) is 0 Å². The largest absolute Gasteiger partial charge is 0.462 e. The number of ether oxygens (including phenoxy) is 2. The summed E-state index contributed by atoms with van der Waals surface area (Å²) in [6.07, 6.45) is 0. The van der Waals surface area contributed by atoms with Crippen molar-refractivity contribution in [2.75, 3.05) is 13.2 Å². The third kappa shape index (κ3) is 4.23. The van der Waals surface area contributed by atoms with Gasteiger partial charge in [0.1, 0.15) is 0 Å². The molecule has 0 spiro atoms. The number of carbonyl (C=O) groups excluding carboxylic acids is 2. The molecule has 110 valence electrons. The Morgan fingerprint density at radius 1 is 1.15 bits per heavy atom. The number of rotatable bonds is 5. The summed E-state index contributed by atoms with van der Waals surface area (Å²) >= 11 is 6.00. The predicted octanol–water partition coefficient (Wildman–Crippen LogP) is 3.64. The maximum Gasteiger partial charge on any atom is 0.339 e. The maximum absolute atomic E-state index is 12.1. The van der Waals surface area contributed by atoms with Crippen molar-refractivity contribution in [2.45, 2.75) is 27.7 Å². The van der Waals surface area contributed by atoms with Gasteiger partial charge in [0, 0.05) is 5.02 Å². The highest BCUT2D eigenvalue weighted by Crippen LogP contribution is 2.22. The first-order valence-corrected chi connectivity index (χ1v) is 6.89. The van der Waals surface area contributed by atoms with Crippen LogP contribution in [0.5, 0.6) is 0 Å². The summed E-state index contributed by atoms with van der Waals surface area (Å²) in [5.74, 6) is -0.897. The third-order valence-electron chi connectivity index (χ3n) is 2.56. The van der Waals surface area contributed by atoms with Crippen LogP contribution in [0, 0.1) is 12.8 Å². The zero-order valence-corrected chi connectivity index (χ0v) is 12.9. The molecule has 0 saturated carbocycles. The van der Waals surface area contributed by atoms with Crippen molar-refractivity contribution in [3.8, 4) is 0 Å². The number of hydrogen-bond acceptors (Lipinski definition) is 4. The van der Waals surface area contributed by atoms with Crippen LogP contribution in [-0.4, -0.2) is 25.2 Å². The molecule has 0 fully saturated rings. The van der Waals surface area contributed by atoms with Crippen LogP contribution in [-0.2, 0) is 9.47 Å². The molecule has 20 heavy (non-hydrogen) atoms. The van der Waals surface area contributed by atoms with Gasteiger partial charge in [-0.05, 0) is 37.5 Å². The van der Waals surface area contributed by atoms with Crippen LogP contribution in [0.3, 0.4) is 0 Å². The first-order valence-electron chi connectivity index (χ1n) is 6.51. The molecule has 0 N–H and O–H groups in total. The quantitative estimate of drug-likeness (QED) is 0.779. The fourth-order valence-corrected chi connectivity index (χ4v) is 1.71. The fraction of sp³-hybridized carbons (Fsp3) is 0.467. The van der Waals surface area contributed by atoms with E-state index in [1.807, 2.05) is 13.8 Å². The van der Waals surface area contributed by atoms with Gasteiger partial charge < -0.3 is 9.47 Å². The first-order chi connectivity index (χ1) is 9.36. The van der Waals surface area contributed by atoms with E-state index < -0.39 is 11.9 Å². The van der Waals surface area contributed by atoms with Crippen LogP contribution in [0.15, 0.2) is 12.1 Å². The van der Waals surface area contributed by atoms with E-state index in [0.717, 1.165) is 0 Å². The summed E-state index contributed by atoms with van der Waals surface area (Å²) < 4.78 is 10.1. The summed E-state index contributed by atoms with van der Waals surface area (Å²) in [7, 11) is 0. The van der Waals surface area contributed by atoms with Crippen LogP contribution in [0.4, 0.5) is 0 Å². The molecule has 0 aliphatic heterocycles. The molecule has 1 aromatic rings. The van der Waals surface area contributed by atoms with Gasteiger partial charge in [-0.3, -0.25) is 0 Å². The molecule has 0 aliphatic carbocycles. The average Bonchev–Trinajstić information content (AvgIpc) is 2.38. The maximum atomic E-state index is 12.1. The van der Waals surface area contributed by atoms with Gasteiger partial charge in [-0.15, -0.1) is 0 Å². The highest BCUT2D eigenvalue weighted by molar-refractivity contribution is 6.32. The molecule has 1 aromatic carbocycles. The van der Waals surface area contributed by atoms with Gasteiger partial charge in [0.05, 0.1) is 24.3 Å². The Morgan fingerprint density at radius 3 is 2.25 bits per heavy atom. The molecule has 5 heteroatoms. The molecule has 0 amide bonds. The van der Waals surface area contributed by atoms with Crippen molar-refractivity contribution in [3.05, 3.63) is 33.8 Å². The van der Waals surface area contributed by atoms with Gasteiger partial charge in [0.2, 0.25) is 0 Å². The zero-order chi connectivity index (χ0) is 15.3. The van der Waals surface area contributed by atoms with E-state index in [1.165, 1.54) is 6.07 Å². The second kappa shape index (κ2) is 7.29. The van der Waals surface area contributed by atoms with E-state index in [4.69, 9.17) is 21.1 Å². The predicted molar refractivity (Wildman–Crippen MR) is 77.3 cm³/mol. The number of halogens is 1. The van der Waals surface area contributed by atoms with Crippen LogP contribution in [0.25, 0.3) is 0 Å². The standard InChI is InChI=1S/C15H19ClO4/c1-5-19-14(17)12-7-13(16)10(4)6-11(12)15(18)20-8-9(2)3/h6-7,9H,5,8H2,1-4H3. The van der Waals surface area contributed by atoms with Crippen molar-refractivity contribution in [3.63, 3.8) is 0 Å². The normalized spacial score (nSPS) is 10.5. The van der Waals surface area contributed by atoms with E-state index in [-0.39, 0.29) is 23.7 Å². The summed E-state index contributed by atoms with van der Waals surface area (Å²) in [6, 6.07) is 3.00. The molecule has 0 saturated heterocycles. The molecule has 0 unspecified atom stereocenters. The lowest BCUT2D eigenvalue weighted by atomic mass is 10.0. The molecule has 4 nitrogen and oxygen atoms in total. The third-order valence-corrected chi connectivity index (χ3v) is 2.97. The SMILES string of the molecule is CCOC(=O)c1cc(Cl)c(C)cc1C(=O)OCC(C)C. The minimum absolute atomic E-state index is 0.135. The fourth-order valence-electron chi connectivity index (χ4n) is 1.55. The molecular weight excluding hydrogens is 280 g/mol. The Labute approximate surface area is 124 Å². The van der Waals surface area contributed by atoms with Gasteiger partial charge >= 0.3 is 11.9 Å². The Hall–Kier alpha value is -1.55. The average molecular weight is 299 g/mol. The lowest BCUT2D eigenvalue weighted by Gasteiger charge is -2.12. The number of benzene rings is 1. The van der Waals surface area contributed by atoms with E-state index in [2.05, 4.69) is 0 Å². The van der Waals surface area contributed by atoms with Crippen molar-refractivity contribution in [2.24, 2.45) is 5.92 Å². The van der Waals surface area contributed by atoms with Crippen molar-refractivity contribution >= 4 is 23.5 Å². The molecule has 0 heterocycles. The van der Waals surface area contributed by atoms with Crippen LogP contribution >= 0.6 is 11.6 Å². The molecular formula is C15H19ClO4. The minimum Gasteiger partial charge on any atom is -0.462 e. The first kappa shape index (κ1) is 16.5. The molecule has 0 atom stereocenters. The highest BCUT2D eigenvalue weighted by Gasteiger charge is 2.21. The highest BCUT2D eigenvalue weighted by atomic mass is 35.5. The summed E-state index contributed by atoms with van der Waals surface area (Å²) in [5, 5.41) is 0.411. The molecule has 0 aromatic heterocycles. The molecule has 0 radical (unpaired) electrons. The summed E-state index contributed by atoms with van der Waals surface area (Å²) in [4.78, 5) is 24.0. The van der Waals surface area contributed by atoms with E-state index in [9.17, 15) is 9.59 Å². The Balaban J connectivity index is 3.12. The van der Waals surface area contributed by atoms with Crippen LogP contribution in [0.1, 0.15) is 47.1 Å². The lowest BCUT2D eigenvalue weighted by Crippen LogP contribution is -2.16. The second-order valence-electron chi connectivity index (χ2n) is 4.86. The minimum atomic E-state index is -0.578. The van der Waals surface area contributed by atoms with Gasteiger partial charge in [-0.1, -0.05) is 25.4 Å². The number of carbonyl (C=O) groups is 2.